The third kappa shape index (κ3) is 4.16. The van der Waals surface area contributed by atoms with Gasteiger partial charge in [-0.15, -0.1) is 0 Å². The first-order chi connectivity index (χ1) is 10.1. The van der Waals surface area contributed by atoms with Crippen molar-refractivity contribution in [2.45, 2.75) is 6.92 Å². The highest BCUT2D eigenvalue weighted by atomic mass is 35.5. The van der Waals surface area contributed by atoms with Gasteiger partial charge in [0.05, 0.1) is 18.9 Å². The number of para-hydroxylation sites is 1. The monoisotopic (exact) mass is 305 g/mol. The first kappa shape index (κ1) is 15.3. The van der Waals surface area contributed by atoms with Gasteiger partial charge < -0.3 is 9.64 Å². The summed E-state index contributed by atoms with van der Waals surface area (Å²) in [6.45, 7) is 2.85. The summed E-state index contributed by atoms with van der Waals surface area (Å²) >= 11 is 5.64. The molecule has 0 spiro atoms. The predicted molar refractivity (Wildman–Crippen MR) is 80.7 cm³/mol. The third-order valence-corrected chi connectivity index (χ3v) is 3.16. The number of hydrogen-bond acceptors (Lipinski definition) is 4. The Bertz CT molecular complexity index is 617. The summed E-state index contributed by atoms with van der Waals surface area (Å²) in [5.74, 6) is 0.609. The molecule has 110 valence electrons. The zero-order chi connectivity index (χ0) is 15.2. The second-order valence-electron chi connectivity index (χ2n) is 4.57. The van der Waals surface area contributed by atoms with Crippen LogP contribution in [-0.4, -0.2) is 41.0 Å². The van der Waals surface area contributed by atoms with E-state index in [1.54, 1.807) is 7.05 Å². The number of benzene rings is 1. The number of ether oxygens (including phenoxy) is 1. The molecule has 0 N–H and O–H groups in total. The molecule has 0 aliphatic carbocycles. The summed E-state index contributed by atoms with van der Waals surface area (Å²) in [7, 11) is 1.69. The SMILES string of the molecule is Cc1ccccc1OCCN(C)C(=O)c1cnc(Cl)cn1. The molecule has 0 radical (unpaired) electrons. The van der Waals surface area contributed by atoms with Crippen LogP contribution in [0.4, 0.5) is 0 Å². The maximum Gasteiger partial charge on any atom is 0.273 e. The number of halogens is 1. The van der Waals surface area contributed by atoms with Crippen molar-refractivity contribution >= 4 is 17.5 Å². The first-order valence-corrected chi connectivity index (χ1v) is 6.87. The average Bonchev–Trinajstić information content (AvgIpc) is 2.49. The fourth-order valence-electron chi connectivity index (χ4n) is 1.73. The third-order valence-electron chi connectivity index (χ3n) is 2.96. The maximum atomic E-state index is 12.1. The molecule has 2 rings (SSSR count). The molecule has 1 aromatic carbocycles. The van der Waals surface area contributed by atoms with Gasteiger partial charge in [0.2, 0.25) is 0 Å². The quantitative estimate of drug-likeness (QED) is 0.852. The van der Waals surface area contributed by atoms with E-state index in [0.29, 0.717) is 13.2 Å². The van der Waals surface area contributed by atoms with Gasteiger partial charge in [-0.2, -0.15) is 0 Å². The highest BCUT2D eigenvalue weighted by Crippen LogP contribution is 2.15. The van der Waals surface area contributed by atoms with Crippen molar-refractivity contribution in [3.05, 3.63) is 53.1 Å². The van der Waals surface area contributed by atoms with Gasteiger partial charge in [-0.3, -0.25) is 4.79 Å². The fourth-order valence-corrected chi connectivity index (χ4v) is 1.83. The van der Waals surface area contributed by atoms with Gasteiger partial charge in [0.1, 0.15) is 23.2 Å². The van der Waals surface area contributed by atoms with Gasteiger partial charge in [0.25, 0.3) is 5.91 Å². The zero-order valence-electron chi connectivity index (χ0n) is 11.9. The molecule has 0 atom stereocenters. The second-order valence-corrected chi connectivity index (χ2v) is 4.95. The minimum Gasteiger partial charge on any atom is -0.491 e. The Morgan fingerprint density at radius 1 is 1.29 bits per heavy atom. The molecule has 1 aromatic heterocycles. The van der Waals surface area contributed by atoms with Crippen LogP contribution in [0.1, 0.15) is 16.1 Å². The van der Waals surface area contributed by atoms with Gasteiger partial charge >= 0.3 is 0 Å². The van der Waals surface area contributed by atoms with Crippen LogP contribution in [0.15, 0.2) is 36.7 Å². The van der Waals surface area contributed by atoms with Crippen molar-refractivity contribution in [2.24, 2.45) is 0 Å². The highest BCUT2D eigenvalue weighted by molar-refractivity contribution is 6.29. The minimum absolute atomic E-state index is 0.215. The van der Waals surface area contributed by atoms with E-state index < -0.39 is 0 Å². The Balaban J connectivity index is 1.87. The lowest BCUT2D eigenvalue weighted by Crippen LogP contribution is -2.31. The summed E-state index contributed by atoms with van der Waals surface area (Å²) in [4.78, 5) is 21.4. The number of hydrogen-bond donors (Lipinski definition) is 0. The van der Waals surface area contributed by atoms with E-state index in [9.17, 15) is 4.79 Å². The van der Waals surface area contributed by atoms with Crippen molar-refractivity contribution in [3.8, 4) is 5.75 Å². The van der Waals surface area contributed by atoms with Gasteiger partial charge in [0, 0.05) is 7.05 Å². The predicted octanol–water partition coefficient (Wildman–Crippen LogP) is 2.59. The van der Waals surface area contributed by atoms with Crippen LogP contribution in [-0.2, 0) is 0 Å². The van der Waals surface area contributed by atoms with Crippen LogP contribution in [0.3, 0.4) is 0 Å². The van der Waals surface area contributed by atoms with Crippen LogP contribution in [0.5, 0.6) is 5.75 Å². The summed E-state index contributed by atoms with van der Waals surface area (Å²) in [5.41, 5.74) is 1.33. The average molecular weight is 306 g/mol. The van der Waals surface area contributed by atoms with Crippen molar-refractivity contribution in [1.82, 2.24) is 14.9 Å². The van der Waals surface area contributed by atoms with Crippen molar-refractivity contribution < 1.29 is 9.53 Å². The topological polar surface area (TPSA) is 55.3 Å². The lowest BCUT2D eigenvalue weighted by atomic mass is 10.2. The van der Waals surface area contributed by atoms with Crippen molar-refractivity contribution in [2.75, 3.05) is 20.2 Å². The van der Waals surface area contributed by atoms with Gasteiger partial charge in [0.15, 0.2) is 0 Å². The molecule has 5 nitrogen and oxygen atoms in total. The van der Waals surface area contributed by atoms with E-state index >= 15 is 0 Å². The molecule has 1 heterocycles. The maximum absolute atomic E-state index is 12.1. The molecule has 0 saturated carbocycles. The molecule has 2 aromatic rings. The summed E-state index contributed by atoms with van der Waals surface area (Å²) in [6.07, 6.45) is 2.72. The Morgan fingerprint density at radius 2 is 2.05 bits per heavy atom. The molecule has 0 saturated heterocycles. The fraction of sp³-hybridized carbons (Fsp3) is 0.267. The number of rotatable bonds is 5. The lowest BCUT2D eigenvalue weighted by molar-refractivity contribution is 0.0767. The number of nitrogens with zero attached hydrogens (tertiary/aromatic N) is 3. The molecule has 0 aliphatic rings. The smallest absolute Gasteiger partial charge is 0.273 e. The Kier molecular flexibility index (Phi) is 5.11. The van der Waals surface area contributed by atoms with E-state index in [4.69, 9.17) is 16.3 Å². The van der Waals surface area contributed by atoms with E-state index in [1.807, 2.05) is 31.2 Å². The standard InChI is InChI=1S/C15H16ClN3O2/c1-11-5-3-4-6-13(11)21-8-7-19(2)15(20)12-9-18-14(16)10-17-12/h3-6,9-10H,7-8H2,1-2H3. The van der Waals surface area contributed by atoms with Crippen molar-refractivity contribution in [1.29, 1.82) is 0 Å². The molecule has 0 unspecified atom stereocenters. The van der Waals surface area contributed by atoms with E-state index in [0.717, 1.165) is 11.3 Å². The van der Waals surface area contributed by atoms with Gasteiger partial charge in [-0.25, -0.2) is 9.97 Å². The molecule has 1 amide bonds. The lowest BCUT2D eigenvalue weighted by Gasteiger charge is -2.17. The van der Waals surface area contributed by atoms with Crippen LogP contribution >= 0.6 is 11.6 Å². The van der Waals surface area contributed by atoms with E-state index in [-0.39, 0.29) is 16.8 Å². The summed E-state index contributed by atoms with van der Waals surface area (Å²) in [5, 5.41) is 0.261. The normalized spacial score (nSPS) is 10.2. The number of amides is 1. The molecular formula is C15H16ClN3O2. The van der Waals surface area contributed by atoms with Crippen molar-refractivity contribution in [3.63, 3.8) is 0 Å². The molecule has 0 aliphatic heterocycles. The number of carbonyl (C=O) groups is 1. The van der Waals surface area contributed by atoms with Crippen LogP contribution in [0.2, 0.25) is 5.15 Å². The Labute approximate surface area is 128 Å². The Morgan fingerprint density at radius 3 is 2.71 bits per heavy atom. The summed E-state index contributed by atoms with van der Waals surface area (Å²) < 4.78 is 5.66. The number of carbonyl (C=O) groups excluding carboxylic acids is 1. The molecular weight excluding hydrogens is 290 g/mol. The molecule has 21 heavy (non-hydrogen) atoms. The minimum atomic E-state index is -0.215. The molecule has 0 bridgehead atoms. The number of aromatic nitrogens is 2. The van der Waals surface area contributed by atoms with Crippen LogP contribution in [0, 0.1) is 6.92 Å². The largest absolute Gasteiger partial charge is 0.491 e. The highest BCUT2D eigenvalue weighted by Gasteiger charge is 2.13. The molecule has 0 fully saturated rings. The zero-order valence-corrected chi connectivity index (χ0v) is 12.7. The Hall–Kier alpha value is -2.14. The van der Waals surface area contributed by atoms with E-state index in [2.05, 4.69) is 9.97 Å². The van der Waals surface area contributed by atoms with Crippen LogP contribution in [0.25, 0.3) is 0 Å². The van der Waals surface area contributed by atoms with Gasteiger partial charge in [-0.1, -0.05) is 29.8 Å². The second kappa shape index (κ2) is 7.04. The van der Waals surface area contributed by atoms with E-state index in [1.165, 1.54) is 17.3 Å². The van der Waals surface area contributed by atoms with Gasteiger partial charge in [-0.05, 0) is 18.6 Å². The number of likely N-dealkylation sites (N-methyl/N-ethyl adjacent to an activating group) is 1. The first-order valence-electron chi connectivity index (χ1n) is 6.49. The number of aryl methyl sites for hydroxylation is 1. The molecule has 6 heteroatoms. The summed E-state index contributed by atoms with van der Waals surface area (Å²) in [6, 6.07) is 7.76. The van der Waals surface area contributed by atoms with Crippen LogP contribution < -0.4 is 4.74 Å².